The fourth-order valence-corrected chi connectivity index (χ4v) is 2.71. The summed E-state index contributed by atoms with van der Waals surface area (Å²) in [6, 6.07) is 0. The standard InChI is InChI=1S/C14H21ClN4O/c1-2-11-13(15)17-10-18-14(11)16-7-6-12(20)19-8-4-3-5-9-19/h10H,2-9H2,1H3,(H,16,17,18). The van der Waals surface area contributed by atoms with E-state index in [1.807, 2.05) is 11.8 Å². The van der Waals surface area contributed by atoms with E-state index in [1.165, 1.54) is 12.7 Å². The average molecular weight is 297 g/mol. The Morgan fingerprint density at radius 1 is 1.35 bits per heavy atom. The maximum absolute atomic E-state index is 12.0. The second-order valence-electron chi connectivity index (χ2n) is 4.96. The molecular weight excluding hydrogens is 276 g/mol. The second-order valence-corrected chi connectivity index (χ2v) is 5.32. The second kappa shape index (κ2) is 7.43. The summed E-state index contributed by atoms with van der Waals surface area (Å²) in [5.74, 6) is 0.953. The number of halogens is 1. The molecule has 1 saturated heterocycles. The molecular formula is C14H21ClN4O. The fraction of sp³-hybridized carbons (Fsp3) is 0.643. The van der Waals surface area contributed by atoms with Gasteiger partial charge in [-0.05, 0) is 25.7 Å². The zero-order valence-corrected chi connectivity index (χ0v) is 12.6. The van der Waals surface area contributed by atoms with Gasteiger partial charge >= 0.3 is 0 Å². The Morgan fingerprint density at radius 2 is 2.10 bits per heavy atom. The molecule has 0 aliphatic carbocycles. The highest BCUT2D eigenvalue weighted by molar-refractivity contribution is 6.30. The minimum Gasteiger partial charge on any atom is -0.369 e. The van der Waals surface area contributed by atoms with Crippen LogP contribution >= 0.6 is 11.6 Å². The topological polar surface area (TPSA) is 58.1 Å². The molecule has 0 atom stereocenters. The van der Waals surface area contributed by atoms with Gasteiger partial charge in [-0.2, -0.15) is 0 Å². The van der Waals surface area contributed by atoms with Gasteiger partial charge < -0.3 is 10.2 Å². The van der Waals surface area contributed by atoms with E-state index in [1.54, 1.807) is 0 Å². The van der Waals surface area contributed by atoms with Crippen LogP contribution < -0.4 is 5.32 Å². The van der Waals surface area contributed by atoms with Crippen molar-refractivity contribution in [2.75, 3.05) is 25.0 Å². The lowest BCUT2D eigenvalue weighted by molar-refractivity contribution is -0.131. The van der Waals surface area contributed by atoms with Crippen molar-refractivity contribution in [2.24, 2.45) is 0 Å². The van der Waals surface area contributed by atoms with Crippen LogP contribution in [-0.2, 0) is 11.2 Å². The van der Waals surface area contributed by atoms with Crippen LogP contribution in [0.15, 0.2) is 6.33 Å². The number of amides is 1. The fourth-order valence-electron chi connectivity index (χ4n) is 2.45. The van der Waals surface area contributed by atoms with E-state index in [9.17, 15) is 4.79 Å². The minimum atomic E-state index is 0.218. The van der Waals surface area contributed by atoms with Crippen molar-refractivity contribution >= 4 is 23.3 Å². The zero-order chi connectivity index (χ0) is 14.4. The first-order valence-corrected chi connectivity index (χ1v) is 7.61. The van der Waals surface area contributed by atoms with Crippen LogP contribution in [0.2, 0.25) is 5.15 Å². The number of nitrogens with one attached hydrogen (secondary N) is 1. The minimum absolute atomic E-state index is 0.218. The lowest BCUT2D eigenvalue weighted by Crippen LogP contribution is -2.36. The number of piperidine rings is 1. The molecule has 6 heteroatoms. The summed E-state index contributed by atoms with van der Waals surface area (Å²) < 4.78 is 0. The normalized spacial score (nSPS) is 15.2. The predicted octanol–water partition coefficient (Wildman–Crippen LogP) is 2.51. The molecule has 1 N–H and O–H groups in total. The van der Waals surface area contributed by atoms with E-state index in [-0.39, 0.29) is 5.91 Å². The number of carbonyl (C=O) groups is 1. The molecule has 0 radical (unpaired) electrons. The Kier molecular flexibility index (Phi) is 5.59. The molecule has 1 aliphatic heterocycles. The Balaban J connectivity index is 1.83. The van der Waals surface area contributed by atoms with Gasteiger partial charge in [0.15, 0.2) is 0 Å². The Morgan fingerprint density at radius 3 is 2.80 bits per heavy atom. The number of rotatable bonds is 5. The molecule has 2 heterocycles. The van der Waals surface area contributed by atoms with Crippen LogP contribution in [0.3, 0.4) is 0 Å². The molecule has 0 aromatic carbocycles. The average Bonchev–Trinajstić information content (AvgIpc) is 2.48. The van der Waals surface area contributed by atoms with Gasteiger partial charge in [-0.15, -0.1) is 0 Å². The van der Waals surface area contributed by atoms with Crippen LogP contribution in [0.5, 0.6) is 0 Å². The molecule has 1 fully saturated rings. The van der Waals surface area contributed by atoms with Crippen molar-refractivity contribution in [1.82, 2.24) is 14.9 Å². The summed E-state index contributed by atoms with van der Waals surface area (Å²) in [5.41, 5.74) is 0.902. The molecule has 0 unspecified atom stereocenters. The molecule has 5 nitrogen and oxygen atoms in total. The molecule has 0 spiro atoms. The summed E-state index contributed by atoms with van der Waals surface area (Å²) in [6.45, 7) is 4.39. The van der Waals surface area contributed by atoms with E-state index >= 15 is 0 Å². The highest BCUT2D eigenvalue weighted by atomic mass is 35.5. The molecule has 2 rings (SSSR count). The van der Waals surface area contributed by atoms with Crippen LogP contribution in [0, 0.1) is 0 Å². The number of carbonyl (C=O) groups excluding carboxylic acids is 1. The Hall–Kier alpha value is -1.36. The maximum Gasteiger partial charge on any atom is 0.224 e. The Labute approximate surface area is 124 Å². The number of aromatic nitrogens is 2. The number of likely N-dealkylation sites (tertiary alicyclic amines) is 1. The zero-order valence-electron chi connectivity index (χ0n) is 11.9. The lowest BCUT2D eigenvalue weighted by atomic mass is 10.1. The van der Waals surface area contributed by atoms with Crippen LogP contribution in [0.1, 0.15) is 38.2 Å². The van der Waals surface area contributed by atoms with E-state index in [0.717, 1.165) is 43.7 Å². The summed E-state index contributed by atoms with van der Waals surface area (Å²) in [5, 5.41) is 3.67. The summed E-state index contributed by atoms with van der Waals surface area (Å²) in [4.78, 5) is 22.1. The molecule has 110 valence electrons. The number of hydrogen-bond donors (Lipinski definition) is 1. The van der Waals surface area contributed by atoms with E-state index in [4.69, 9.17) is 11.6 Å². The van der Waals surface area contributed by atoms with E-state index in [0.29, 0.717) is 18.1 Å². The van der Waals surface area contributed by atoms with Crippen molar-refractivity contribution in [3.05, 3.63) is 17.0 Å². The van der Waals surface area contributed by atoms with Crippen molar-refractivity contribution < 1.29 is 4.79 Å². The third-order valence-corrected chi connectivity index (χ3v) is 3.91. The maximum atomic E-state index is 12.0. The van der Waals surface area contributed by atoms with Crippen molar-refractivity contribution in [1.29, 1.82) is 0 Å². The number of nitrogens with zero attached hydrogens (tertiary/aromatic N) is 3. The van der Waals surface area contributed by atoms with Gasteiger partial charge in [0, 0.05) is 31.6 Å². The van der Waals surface area contributed by atoms with Gasteiger partial charge in [-0.1, -0.05) is 18.5 Å². The first-order chi connectivity index (χ1) is 9.72. The van der Waals surface area contributed by atoms with Crippen LogP contribution in [-0.4, -0.2) is 40.4 Å². The van der Waals surface area contributed by atoms with Gasteiger partial charge in [0.05, 0.1) is 0 Å². The molecule has 1 amide bonds. The molecule has 0 saturated carbocycles. The van der Waals surface area contributed by atoms with E-state index < -0.39 is 0 Å². The van der Waals surface area contributed by atoms with Gasteiger partial charge in [0.1, 0.15) is 17.3 Å². The smallest absolute Gasteiger partial charge is 0.224 e. The quantitative estimate of drug-likeness (QED) is 0.848. The van der Waals surface area contributed by atoms with Crippen molar-refractivity contribution in [2.45, 2.75) is 39.0 Å². The van der Waals surface area contributed by atoms with Crippen molar-refractivity contribution in [3.8, 4) is 0 Å². The summed E-state index contributed by atoms with van der Waals surface area (Å²) in [7, 11) is 0. The highest BCUT2D eigenvalue weighted by Crippen LogP contribution is 2.20. The molecule has 0 bridgehead atoms. The third kappa shape index (κ3) is 3.82. The molecule has 1 aliphatic rings. The third-order valence-electron chi connectivity index (χ3n) is 3.59. The van der Waals surface area contributed by atoms with Gasteiger partial charge in [0.25, 0.3) is 0 Å². The van der Waals surface area contributed by atoms with Gasteiger partial charge in [-0.25, -0.2) is 9.97 Å². The monoisotopic (exact) mass is 296 g/mol. The molecule has 20 heavy (non-hydrogen) atoms. The van der Waals surface area contributed by atoms with Crippen molar-refractivity contribution in [3.63, 3.8) is 0 Å². The van der Waals surface area contributed by atoms with Gasteiger partial charge in [0.2, 0.25) is 5.91 Å². The number of anilines is 1. The lowest BCUT2D eigenvalue weighted by Gasteiger charge is -2.26. The molecule has 1 aromatic heterocycles. The van der Waals surface area contributed by atoms with Gasteiger partial charge in [-0.3, -0.25) is 4.79 Å². The molecule has 1 aromatic rings. The van der Waals surface area contributed by atoms with Crippen LogP contribution in [0.4, 0.5) is 5.82 Å². The first-order valence-electron chi connectivity index (χ1n) is 7.23. The van der Waals surface area contributed by atoms with Crippen LogP contribution in [0.25, 0.3) is 0 Å². The summed E-state index contributed by atoms with van der Waals surface area (Å²) >= 11 is 6.03. The largest absolute Gasteiger partial charge is 0.369 e. The van der Waals surface area contributed by atoms with E-state index in [2.05, 4.69) is 15.3 Å². The summed E-state index contributed by atoms with van der Waals surface area (Å²) in [6.07, 6.45) is 6.19. The SMILES string of the molecule is CCc1c(Cl)ncnc1NCCC(=O)N1CCCCC1. The Bertz CT molecular complexity index is 460. The predicted molar refractivity (Wildman–Crippen MR) is 80.0 cm³/mol. The first kappa shape index (κ1) is 15.0. The number of hydrogen-bond acceptors (Lipinski definition) is 4. The highest BCUT2D eigenvalue weighted by Gasteiger charge is 2.16.